The van der Waals surface area contributed by atoms with Crippen LogP contribution in [-0.4, -0.2) is 0 Å². The van der Waals surface area contributed by atoms with Crippen molar-refractivity contribution in [2.24, 2.45) is 0 Å². The second-order valence-corrected chi connectivity index (χ2v) is 7.79. The molecule has 0 saturated carbocycles. The molecule has 4 aromatic carbocycles. The first-order chi connectivity index (χ1) is 12.8. The second-order valence-electron chi connectivity index (χ2n) is 6.70. The van der Waals surface area contributed by atoms with Crippen LogP contribution in [0.25, 0.3) is 42.4 Å². The van der Waals surface area contributed by atoms with Crippen molar-refractivity contribution in [2.75, 3.05) is 0 Å². The second kappa shape index (κ2) is 6.12. The van der Waals surface area contributed by atoms with E-state index in [1.54, 1.807) is 0 Å². The summed E-state index contributed by atoms with van der Waals surface area (Å²) < 4.78 is 2.71. The van der Waals surface area contributed by atoms with Gasteiger partial charge in [0.25, 0.3) is 0 Å². The Morgan fingerprint density at radius 1 is 0.538 bits per heavy atom. The lowest BCUT2D eigenvalue weighted by Gasteiger charge is -2.09. The highest BCUT2D eigenvalue weighted by Crippen LogP contribution is 2.37. The lowest BCUT2D eigenvalue weighted by molar-refractivity contribution is 1.45. The Labute approximate surface area is 157 Å². The molecular weight excluding hydrogens is 332 g/mol. The van der Waals surface area contributed by atoms with Gasteiger partial charge in [-0.3, -0.25) is 0 Å². The fraction of sp³-hybridized carbons (Fsp3) is 0.0400. The molecule has 0 aliphatic rings. The average molecular weight is 350 g/mol. The first-order valence-corrected chi connectivity index (χ1v) is 9.69. The lowest BCUT2D eigenvalue weighted by atomic mass is 9.95. The maximum Gasteiger partial charge on any atom is 0.0361 e. The molecule has 1 heteroatoms. The van der Waals surface area contributed by atoms with Gasteiger partial charge in [-0.05, 0) is 46.9 Å². The van der Waals surface area contributed by atoms with Crippen LogP contribution in [0.2, 0.25) is 0 Å². The minimum Gasteiger partial charge on any atom is -0.135 e. The zero-order valence-electron chi connectivity index (χ0n) is 14.6. The van der Waals surface area contributed by atoms with E-state index in [1.165, 1.54) is 48.0 Å². The standard InChI is InChI=1S/C25H18S/c1-17-15-19(11-13-21(17)18-7-3-2-4-8-18)20-12-14-23-22-9-5-6-10-24(22)26-25(23)16-20/h2-16H,1H3. The summed E-state index contributed by atoms with van der Waals surface area (Å²) in [6.45, 7) is 2.20. The van der Waals surface area contributed by atoms with Crippen molar-refractivity contribution in [3.8, 4) is 22.3 Å². The Balaban J connectivity index is 1.61. The maximum absolute atomic E-state index is 2.33. The maximum atomic E-state index is 2.33. The zero-order valence-corrected chi connectivity index (χ0v) is 15.4. The molecule has 0 atom stereocenters. The molecule has 5 aromatic rings. The zero-order chi connectivity index (χ0) is 17.5. The van der Waals surface area contributed by atoms with E-state index in [2.05, 4.69) is 97.9 Å². The lowest BCUT2D eigenvalue weighted by Crippen LogP contribution is -1.85. The molecule has 0 bridgehead atoms. The van der Waals surface area contributed by atoms with E-state index in [1.807, 2.05) is 11.3 Å². The Kier molecular flexibility index (Phi) is 3.62. The van der Waals surface area contributed by atoms with Crippen LogP contribution in [0.4, 0.5) is 0 Å². The van der Waals surface area contributed by atoms with E-state index in [0.29, 0.717) is 0 Å². The smallest absolute Gasteiger partial charge is 0.0361 e. The first kappa shape index (κ1) is 15.4. The van der Waals surface area contributed by atoms with Crippen molar-refractivity contribution < 1.29 is 0 Å². The number of fused-ring (bicyclic) bond motifs is 3. The highest BCUT2D eigenvalue weighted by molar-refractivity contribution is 7.25. The molecule has 0 fully saturated rings. The summed E-state index contributed by atoms with van der Waals surface area (Å²) in [6.07, 6.45) is 0. The molecule has 0 saturated heterocycles. The highest BCUT2D eigenvalue weighted by atomic mass is 32.1. The van der Waals surface area contributed by atoms with E-state index in [-0.39, 0.29) is 0 Å². The molecule has 0 aliphatic heterocycles. The molecule has 5 rings (SSSR count). The summed E-state index contributed by atoms with van der Waals surface area (Å²) in [5.74, 6) is 0. The number of benzene rings is 4. The SMILES string of the molecule is Cc1cc(-c2ccc3c(c2)sc2ccccc23)ccc1-c1ccccc1. The van der Waals surface area contributed by atoms with E-state index in [0.717, 1.165) is 0 Å². The molecule has 0 N–H and O–H groups in total. The predicted molar refractivity (Wildman–Crippen MR) is 115 cm³/mol. The van der Waals surface area contributed by atoms with Gasteiger partial charge in [0.15, 0.2) is 0 Å². The van der Waals surface area contributed by atoms with Crippen molar-refractivity contribution in [3.05, 3.63) is 96.6 Å². The van der Waals surface area contributed by atoms with Crippen LogP contribution in [0.1, 0.15) is 5.56 Å². The molecule has 0 spiro atoms. The van der Waals surface area contributed by atoms with E-state index < -0.39 is 0 Å². The Morgan fingerprint density at radius 3 is 2.08 bits per heavy atom. The Morgan fingerprint density at radius 2 is 1.23 bits per heavy atom. The van der Waals surface area contributed by atoms with Gasteiger partial charge in [0.2, 0.25) is 0 Å². The van der Waals surface area contributed by atoms with Crippen LogP contribution < -0.4 is 0 Å². The molecule has 0 nitrogen and oxygen atoms in total. The Bertz CT molecular complexity index is 1230. The van der Waals surface area contributed by atoms with Crippen LogP contribution in [-0.2, 0) is 0 Å². The van der Waals surface area contributed by atoms with Crippen LogP contribution in [0.15, 0.2) is 91.0 Å². The third kappa shape index (κ3) is 2.53. The predicted octanol–water partition coefficient (Wildman–Crippen LogP) is 7.70. The summed E-state index contributed by atoms with van der Waals surface area (Å²) in [5, 5.41) is 2.71. The quantitative estimate of drug-likeness (QED) is 0.306. The summed E-state index contributed by atoms with van der Waals surface area (Å²) >= 11 is 1.87. The summed E-state index contributed by atoms with van der Waals surface area (Å²) in [7, 11) is 0. The summed E-state index contributed by atoms with van der Waals surface area (Å²) in [4.78, 5) is 0. The van der Waals surface area contributed by atoms with E-state index >= 15 is 0 Å². The third-order valence-corrected chi connectivity index (χ3v) is 6.16. The topological polar surface area (TPSA) is 0 Å². The number of hydrogen-bond donors (Lipinski definition) is 0. The molecule has 0 unspecified atom stereocenters. The van der Waals surface area contributed by atoms with Gasteiger partial charge in [-0.15, -0.1) is 11.3 Å². The van der Waals surface area contributed by atoms with Crippen LogP contribution in [0, 0.1) is 6.92 Å². The van der Waals surface area contributed by atoms with Crippen molar-refractivity contribution in [1.29, 1.82) is 0 Å². The molecule has 26 heavy (non-hydrogen) atoms. The van der Waals surface area contributed by atoms with Crippen molar-refractivity contribution in [3.63, 3.8) is 0 Å². The van der Waals surface area contributed by atoms with Gasteiger partial charge in [-0.25, -0.2) is 0 Å². The van der Waals surface area contributed by atoms with Gasteiger partial charge in [-0.1, -0.05) is 78.9 Å². The van der Waals surface area contributed by atoms with E-state index in [9.17, 15) is 0 Å². The van der Waals surface area contributed by atoms with Crippen LogP contribution in [0.5, 0.6) is 0 Å². The highest BCUT2D eigenvalue weighted by Gasteiger charge is 2.08. The molecule has 0 amide bonds. The van der Waals surface area contributed by atoms with Crippen molar-refractivity contribution in [2.45, 2.75) is 6.92 Å². The molecule has 1 aromatic heterocycles. The summed E-state index contributed by atoms with van der Waals surface area (Å²) in [5.41, 5.74) is 6.45. The molecule has 1 heterocycles. The number of aryl methyl sites for hydroxylation is 1. The minimum atomic E-state index is 1.27. The van der Waals surface area contributed by atoms with Gasteiger partial charge in [0.05, 0.1) is 0 Å². The van der Waals surface area contributed by atoms with Gasteiger partial charge in [0, 0.05) is 20.2 Å². The summed E-state index contributed by atoms with van der Waals surface area (Å²) in [6, 6.07) is 32.9. The third-order valence-electron chi connectivity index (χ3n) is 5.02. The number of rotatable bonds is 2. The minimum absolute atomic E-state index is 1.27. The number of hydrogen-bond acceptors (Lipinski definition) is 1. The van der Waals surface area contributed by atoms with Crippen LogP contribution >= 0.6 is 11.3 Å². The first-order valence-electron chi connectivity index (χ1n) is 8.87. The normalized spacial score (nSPS) is 11.3. The molecule has 0 radical (unpaired) electrons. The molecule has 124 valence electrons. The van der Waals surface area contributed by atoms with Gasteiger partial charge in [0.1, 0.15) is 0 Å². The fourth-order valence-electron chi connectivity index (χ4n) is 3.69. The van der Waals surface area contributed by atoms with E-state index in [4.69, 9.17) is 0 Å². The fourth-order valence-corrected chi connectivity index (χ4v) is 4.84. The van der Waals surface area contributed by atoms with Gasteiger partial charge in [-0.2, -0.15) is 0 Å². The van der Waals surface area contributed by atoms with Crippen LogP contribution in [0.3, 0.4) is 0 Å². The van der Waals surface area contributed by atoms with Gasteiger partial charge >= 0.3 is 0 Å². The monoisotopic (exact) mass is 350 g/mol. The van der Waals surface area contributed by atoms with Crippen molar-refractivity contribution in [1.82, 2.24) is 0 Å². The largest absolute Gasteiger partial charge is 0.135 e. The molecule has 0 aliphatic carbocycles. The average Bonchev–Trinajstić information content (AvgIpc) is 3.06. The molecular formula is C25H18S. The Hall–Kier alpha value is -2.90. The van der Waals surface area contributed by atoms with Crippen molar-refractivity contribution >= 4 is 31.5 Å². The number of thiophene rings is 1. The van der Waals surface area contributed by atoms with Gasteiger partial charge < -0.3 is 0 Å².